The van der Waals surface area contributed by atoms with Crippen molar-refractivity contribution in [3.8, 4) is 0 Å². The van der Waals surface area contributed by atoms with Gasteiger partial charge in [-0.1, -0.05) is 78.8 Å². The molecule has 2 saturated carbocycles. The fourth-order valence-electron chi connectivity index (χ4n) is 5.82. The molecule has 188 valence electrons. The van der Waals surface area contributed by atoms with Crippen molar-refractivity contribution in [2.75, 3.05) is 12.4 Å². The maximum absolute atomic E-state index is 13.9. The van der Waals surface area contributed by atoms with Crippen molar-refractivity contribution in [1.82, 2.24) is 0 Å². The van der Waals surface area contributed by atoms with E-state index in [0.29, 0.717) is 5.92 Å². The predicted octanol–water partition coefficient (Wildman–Crippen LogP) is 7.10. The summed E-state index contributed by atoms with van der Waals surface area (Å²) in [4.78, 5) is 0. The molecule has 4 nitrogen and oxygen atoms in total. The minimum Gasteiger partial charge on any atom is -0.413 e. The van der Waals surface area contributed by atoms with Gasteiger partial charge in [0.25, 0.3) is 10.0 Å². The van der Waals surface area contributed by atoms with Crippen LogP contribution in [0.3, 0.4) is 0 Å². The topological polar surface area (TPSA) is 55.7 Å². The molecule has 7 heteroatoms. The third-order valence-corrected chi connectivity index (χ3v) is 20.7. The van der Waals surface area contributed by atoms with Gasteiger partial charge in [-0.05, 0) is 66.4 Å². The van der Waals surface area contributed by atoms with Crippen LogP contribution in [0.1, 0.15) is 67.7 Å². The van der Waals surface area contributed by atoms with Gasteiger partial charge in [-0.15, -0.1) is 0 Å². The molecular weight excluding hydrogens is 465 g/mol. The lowest BCUT2D eigenvalue weighted by molar-refractivity contribution is 0.0237. The highest BCUT2D eigenvalue weighted by Gasteiger charge is 2.66. The van der Waals surface area contributed by atoms with Crippen molar-refractivity contribution < 1.29 is 12.8 Å². The maximum Gasteiger partial charge on any atom is 0.252 e. The van der Waals surface area contributed by atoms with E-state index in [9.17, 15) is 8.42 Å². The molecule has 0 saturated heterocycles. The molecule has 0 aromatic heterocycles. The lowest BCUT2D eigenvalue weighted by Gasteiger charge is -2.47. The Bertz CT molecular complexity index is 1030. The van der Waals surface area contributed by atoms with Gasteiger partial charge in [0.05, 0.1) is 11.9 Å². The number of benzene rings is 1. The monoisotopic (exact) mass is 511 g/mol. The molecule has 0 N–H and O–H groups in total. The lowest BCUT2D eigenvalue weighted by Crippen LogP contribution is -2.52. The Balaban J connectivity index is 2.05. The van der Waals surface area contributed by atoms with E-state index in [4.69, 9.17) is 8.58 Å². The first kappa shape index (κ1) is 27.2. The molecule has 0 radical (unpaired) electrons. The Kier molecular flexibility index (Phi) is 7.08. The second-order valence-electron chi connectivity index (χ2n) is 13.0. The second-order valence-corrected chi connectivity index (χ2v) is 23.4. The van der Waals surface area contributed by atoms with E-state index in [1.807, 2.05) is 30.3 Å². The Labute approximate surface area is 204 Å². The molecule has 0 heterocycles. The summed E-state index contributed by atoms with van der Waals surface area (Å²) in [5, 5.41) is 1.16. The summed E-state index contributed by atoms with van der Waals surface area (Å²) in [6.07, 6.45) is 2.98. The lowest BCUT2D eigenvalue weighted by atomic mass is 9.70. The van der Waals surface area contributed by atoms with Gasteiger partial charge in [-0.25, -0.2) is 8.42 Å². The average molecular weight is 512 g/mol. The van der Waals surface area contributed by atoms with Gasteiger partial charge in [-0.2, -0.15) is 4.15 Å². The summed E-state index contributed by atoms with van der Waals surface area (Å²) in [6, 6.07) is 10.0. The fraction of sp³-hybridized carbons (Fsp3) is 0.769. The summed E-state index contributed by atoms with van der Waals surface area (Å²) in [6.45, 7) is 22.2. The molecule has 4 atom stereocenters. The highest BCUT2D eigenvalue weighted by atomic mass is 32.2. The molecule has 0 amide bonds. The zero-order valence-corrected chi connectivity index (χ0v) is 25.2. The first-order valence-corrected chi connectivity index (χ1v) is 19.2. The number of hydrogen-bond donors (Lipinski definition) is 0. The highest BCUT2D eigenvalue weighted by Crippen LogP contribution is 2.68. The summed E-state index contributed by atoms with van der Waals surface area (Å²) >= 11 is 0. The van der Waals surface area contributed by atoms with Crippen LogP contribution in [0.2, 0.25) is 18.1 Å². The van der Waals surface area contributed by atoms with E-state index >= 15 is 0 Å². The van der Waals surface area contributed by atoms with Crippen molar-refractivity contribution in [1.29, 1.82) is 0 Å². The predicted molar refractivity (Wildman–Crippen MR) is 146 cm³/mol. The average Bonchev–Trinajstić information content (AvgIpc) is 3.01. The van der Waals surface area contributed by atoms with Gasteiger partial charge in [0, 0.05) is 12.5 Å². The standard InChI is InChI=1S/C26H46NO3PSSi/c1-20(2)31(8,22-14-12-11-13-15-22)27-32(28,29)19-26-17-16-21(25(26,6)7)18-23(26)30-33(9,10)24(3,4)5/h11-15,20-21,23H,16-19H2,1-10H3/t21-,23-,26-,31+/m1/s1. The largest absolute Gasteiger partial charge is 0.413 e. The number of fused-ring (bicyclic) bond motifs is 2. The van der Waals surface area contributed by atoms with E-state index in [0.717, 1.165) is 24.6 Å². The molecule has 1 aromatic rings. The van der Waals surface area contributed by atoms with Crippen molar-refractivity contribution in [3.05, 3.63) is 30.3 Å². The Morgan fingerprint density at radius 2 is 1.76 bits per heavy atom. The summed E-state index contributed by atoms with van der Waals surface area (Å²) in [5.74, 6) is 0.626. The van der Waals surface area contributed by atoms with Gasteiger partial charge < -0.3 is 4.43 Å². The van der Waals surface area contributed by atoms with Crippen LogP contribution in [0, 0.1) is 16.7 Å². The van der Waals surface area contributed by atoms with Crippen LogP contribution >= 0.6 is 7.05 Å². The van der Waals surface area contributed by atoms with Crippen molar-refractivity contribution >= 4 is 30.7 Å². The summed E-state index contributed by atoms with van der Waals surface area (Å²) in [5.41, 5.74) is -0.268. The molecule has 2 fully saturated rings. The third-order valence-electron chi connectivity index (χ3n) is 9.62. The Morgan fingerprint density at radius 1 is 1.18 bits per heavy atom. The van der Waals surface area contributed by atoms with Crippen LogP contribution < -0.4 is 5.30 Å². The smallest absolute Gasteiger partial charge is 0.252 e. The molecule has 0 unspecified atom stereocenters. The summed E-state index contributed by atoms with van der Waals surface area (Å²) in [7, 11) is -7.90. The van der Waals surface area contributed by atoms with Gasteiger partial charge in [0.15, 0.2) is 8.32 Å². The number of rotatable bonds is 7. The number of hydrogen-bond acceptors (Lipinski definition) is 3. The quantitative estimate of drug-likeness (QED) is 0.290. The van der Waals surface area contributed by atoms with Crippen LogP contribution in [0.5, 0.6) is 0 Å². The molecular formula is C26H46NO3PSSi. The van der Waals surface area contributed by atoms with Gasteiger partial charge in [-0.3, -0.25) is 0 Å². The van der Waals surface area contributed by atoms with E-state index < -0.39 is 25.4 Å². The van der Waals surface area contributed by atoms with Crippen LogP contribution in [-0.2, 0) is 14.4 Å². The van der Waals surface area contributed by atoms with E-state index in [-0.39, 0.29) is 33.4 Å². The van der Waals surface area contributed by atoms with Gasteiger partial charge >= 0.3 is 0 Å². The zero-order valence-electron chi connectivity index (χ0n) is 22.5. The molecule has 1 aromatic carbocycles. The Hall–Kier alpha value is -0.423. The third kappa shape index (κ3) is 4.71. The molecule has 33 heavy (non-hydrogen) atoms. The minimum atomic E-state index is -3.64. The fourth-order valence-corrected chi connectivity index (χ4v) is 13.4. The van der Waals surface area contributed by atoms with Crippen LogP contribution in [0.4, 0.5) is 0 Å². The normalized spacial score (nSPS) is 29.3. The molecule has 2 bridgehead atoms. The van der Waals surface area contributed by atoms with Gasteiger partial charge in [0.2, 0.25) is 0 Å². The summed E-state index contributed by atoms with van der Waals surface area (Å²) < 4.78 is 39.5. The Morgan fingerprint density at radius 3 is 2.24 bits per heavy atom. The number of nitrogens with zero attached hydrogens (tertiary/aromatic N) is 1. The SMILES string of the molecule is CC(C)[P@](C)(=NS(=O)(=O)C[C@]12CC[C@H](C[C@H]1O[Si](C)(C)C(C)(C)C)C2(C)C)c1ccccc1. The van der Waals surface area contributed by atoms with Gasteiger partial charge in [0.1, 0.15) is 0 Å². The van der Waals surface area contributed by atoms with Crippen molar-refractivity contribution in [2.45, 2.75) is 97.6 Å². The minimum absolute atomic E-state index is 0.00233. The van der Waals surface area contributed by atoms with Crippen LogP contribution in [0.15, 0.2) is 34.5 Å². The first-order chi connectivity index (χ1) is 14.9. The number of sulfonamides is 1. The molecule has 0 aliphatic heterocycles. The second kappa shape index (κ2) is 8.60. The van der Waals surface area contributed by atoms with E-state index in [1.165, 1.54) is 0 Å². The molecule has 3 rings (SSSR count). The van der Waals surface area contributed by atoms with E-state index in [1.54, 1.807) is 0 Å². The molecule has 2 aliphatic carbocycles. The highest BCUT2D eigenvalue weighted by molar-refractivity contribution is 7.95. The molecule has 2 aliphatic rings. The zero-order chi connectivity index (χ0) is 25.1. The van der Waals surface area contributed by atoms with Crippen molar-refractivity contribution in [3.63, 3.8) is 0 Å². The van der Waals surface area contributed by atoms with Crippen LogP contribution in [0.25, 0.3) is 0 Å². The molecule has 0 spiro atoms. The maximum atomic E-state index is 13.9. The van der Waals surface area contributed by atoms with E-state index in [2.05, 4.69) is 68.2 Å². The van der Waals surface area contributed by atoms with Crippen LogP contribution in [-0.4, -0.2) is 40.9 Å². The first-order valence-electron chi connectivity index (χ1n) is 12.4. The van der Waals surface area contributed by atoms with Crippen molar-refractivity contribution in [2.24, 2.45) is 20.9 Å².